The molecule has 0 fully saturated rings. The zero-order valence-corrected chi connectivity index (χ0v) is 9.31. The van der Waals surface area contributed by atoms with Crippen LogP contribution in [-0.4, -0.2) is 18.4 Å². The molecule has 0 saturated heterocycles. The second-order valence-corrected chi connectivity index (χ2v) is 4.00. The Morgan fingerprint density at radius 2 is 2.06 bits per heavy atom. The Hall–Kier alpha value is -1.84. The summed E-state index contributed by atoms with van der Waals surface area (Å²) in [7, 11) is 0. The van der Waals surface area contributed by atoms with Crippen molar-refractivity contribution in [3.8, 4) is 0 Å². The Labute approximate surface area is 94.3 Å². The number of aldehydes is 1. The highest BCUT2D eigenvalue weighted by molar-refractivity contribution is 5.95. The summed E-state index contributed by atoms with van der Waals surface area (Å²) in [6.45, 7) is 4.28. The first kappa shape index (κ1) is 10.7. The third kappa shape index (κ3) is 2.05. The summed E-state index contributed by atoms with van der Waals surface area (Å²) in [4.78, 5) is 10.5. The van der Waals surface area contributed by atoms with Crippen molar-refractivity contribution in [3.63, 3.8) is 0 Å². The van der Waals surface area contributed by atoms with Gasteiger partial charge in [0.15, 0.2) is 6.29 Å². The molecule has 0 spiro atoms. The number of hydrogen-bond donors (Lipinski definition) is 1. The molecule has 4 heteroatoms. The van der Waals surface area contributed by atoms with E-state index in [1.807, 2.05) is 24.3 Å². The van der Waals surface area contributed by atoms with Gasteiger partial charge in [-0.05, 0) is 23.6 Å². The van der Waals surface area contributed by atoms with E-state index in [4.69, 9.17) is 4.74 Å². The second-order valence-electron chi connectivity index (χ2n) is 4.00. The van der Waals surface area contributed by atoms with Crippen molar-refractivity contribution in [2.24, 2.45) is 5.10 Å². The molecule has 1 aromatic rings. The third-order valence-electron chi connectivity index (χ3n) is 2.48. The number of hydrogen-bond acceptors (Lipinski definition) is 4. The van der Waals surface area contributed by atoms with Crippen LogP contribution in [0.1, 0.15) is 30.9 Å². The quantitative estimate of drug-likeness (QED) is 0.784. The summed E-state index contributed by atoms with van der Waals surface area (Å²) in [5, 5.41) is 3.95. The van der Waals surface area contributed by atoms with Crippen molar-refractivity contribution in [2.45, 2.75) is 26.0 Å². The molecule has 1 heterocycles. The van der Waals surface area contributed by atoms with E-state index in [1.54, 1.807) is 0 Å². The van der Waals surface area contributed by atoms with Crippen molar-refractivity contribution in [2.75, 3.05) is 0 Å². The van der Waals surface area contributed by atoms with Gasteiger partial charge in [-0.25, -0.2) is 0 Å². The summed E-state index contributed by atoms with van der Waals surface area (Å²) in [6, 6.07) is 7.98. The summed E-state index contributed by atoms with van der Waals surface area (Å²) < 4.78 is 5.27. The third-order valence-corrected chi connectivity index (χ3v) is 2.48. The van der Waals surface area contributed by atoms with E-state index in [-0.39, 0.29) is 0 Å². The van der Waals surface area contributed by atoms with Crippen molar-refractivity contribution in [1.29, 1.82) is 0 Å². The largest absolute Gasteiger partial charge is 0.444 e. The van der Waals surface area contributed by atoms with E-state index < -0.39 is 6.23 Å². The van der Waals surface area contributed by atoms with Gasteiger partial charge in [-0.2, -0.15) is 0 Å². The molecule has 4 nitrogen and oxygen atoms in total. The maximum atomic E-state index is 10.5. The molecule has 16 heavy (non-hydrogen) atoms. The van der Waals surface area contributed by atoms with Crippen LogP contribution in [0.2, 0.25) is 0 Å². The first-order valence-electron chi connectivity index (χ1n) is 5.26. The lowest BCUT2D eigenvalue weighted by atomic mass is 10.0. The van der Waals surface area contributed by atoms with Gasteiger partial charge in [-0.3, -0.25) is 10.2 Å². The van der Waals surface area contributed by atoms with Gasteiger partial charge < -0.3 is 4.74 Å². The van der Waals surface area contributed by atoms with Gasteiger partial charge in [-0.15, -0.1) is 5.10 Å². The zero-order valence-electron chi connectivity index (χ0n) is 9.31. The Kier molecular flexibility index (Phi) is 2.90. The first-order chi connectivity index (χ1) is 7.70. The topological polar surface area (TPSA) is 50.7 Å². The lowest BCUT2D eigenvalue weighted by Crippen LogP contribution is -2.23. The number of hydrazone groups is 1. The molecule has 0 bridgehead atoms. The van der Waals surface area contributed by atoms with Crippen molar-refractivity contribution in [3.05, 3.63) is 35.4 Å². The summed E-state index contributed by atoms with van der Waals surface area (Å²) >= 11 is 0. The molecule has 1 aliphatic rings. The van der Waals surface area contributed by atoms with Crippen LogP contribution >= 0.6 is 0 Å². The molecule has 0 aliphatic carbocycles. The Balaban J connectivity index is 2.14. The molecule has 1 N–H and O–H groups in total. The predicted octanol–water partition coefficient (Wildman–Crippen LogP) is 1.62. The maximum absolute atomic E-state index is 10.5. The molecule has 0 radical (unpaired) electrons. The van der Waals surface area contributed by atoms with E-state index in [1.165, 1.54) is 5.56 Å². The smallest absolute Gasteiger partial charge is 0.242 e. The molecule has 1 aromatic carbocycles. The number of nitrogens with zero attached hydrogens (tertiary/aromatic N) is 1. The average Bonchev–Trinajstić information content (AvgIpc) is 2.77. The lowest BCUT2D eigenvalue weighted by Gasteiger charge is -2.07. The van der Waals surface area contributed by atoms with Gasteiger partial charge >= 0.3 is 0 Å². The summed E-state index contributed by atoms with van der Waals surface area (Å²) in [5.41, 5.74) is 4.73. The highest BCUT2D eigenvalue weighted by Crippen LogP contribution is 2.16. The van der Waals surface area contributed by atoms with Crippen molar-refractivity contribution >= 4 is 12.2 Å². The van der Waals surface area contributed by atoms with E-state index in [9.17, 15) is 4.79 Å². The van der Waals surface area contributed by atoms with E-state index >= 15 is 0 Å². The Bertz CT molecular complexity index is 410. The predicted molar refractivity (Wildman–Crippen MR) is 61.1 cm³/mol. The fourth-order valence-electron chi connectivity index (χ4n) is 1.50. The summed E-state index contributed by atoms with van der Waals surface area (Å²) in [5.74, 6) is 0.966. The minimum Gasteiger partial charge on any atom is -0.444 e. The van der Waals surface area contributed by atoms with Crippen LogP contribution in [0.4, 0.5) is 0 Å². The molecule has 0 aromatic heterocycles. The molecule has 2 rings (SSSR count). The monoisotopic (exact) mass is 218 g/mol. The van der Waals surface area contributed by atoms with Crippen LogP contribution < -0.4 is 5.43 Å². The van der Waals surface area contributed by atoms with Gasteiger partial charge in [0.2, 0.25) is 12.1 Å². The highest BCUT2D eigenvalue weighted by Gasteiger charge is 2.19. The highest BCUT2D eigenvalue weighted by atomic mass is 16.5. The van der Waals surface area contributed by atoms with Crippen LogP contribution in [0.5, 0.6) is 0 Å². The molecule has 1 unspecified atom stereocenters. The first-order valence-corrected chi connectivity index (χ1v) is 5.26. The van der Waals surface area contributed by atoms with Gasteiger partial charge in [0.1, 0.15) is 0 Å². The minimum absolute atomic E-state index is 0.465. The van der Waals surface area contributed by atoms with Crippen LogP contribution in [0, 0.1) is 0 Å². The van der Waals surface area contributed by atoms with Gasteiger partial charge in [0, 0.05) is 5.56 Å². The summed E-state index contributed by atoms with van der Waals surface area (Å²) in [6.07, 6.45) is 0.0266. The molecule has 1 aliphatic heterocycles. The lowest BCUT2D eigenvalue weighted by molar-refractivity contribution is -0.114. The fourth-order valence-corrected chi connectivity index (χ4v) is 1.50. The SMILES string of the molecule is CC(C)c1ccc(C2=NNC(C=O)O2)cc1. The normalized spacial score (nSPS) is 18.9. The van der Waals surface area contributed by atoms with Crippen LogP contribution in [0.15, 0.2) is 29.4 Å². The molecule has 84 valence electrons. The minimum atomic E-state index is -0.653. The number of rotatable bonds is 3. The second kappa shape index (κ2) is 4.35. The molecule has 1 atom stereocenters. The number of nitrogens with one attached hydrogen (secondary N) is 1. The van der Waals surface area contributed by atoms with Crippen molar-refractivity contribution < 1.29 is 9.53 Å². The van der Waals surface area contributed by atoms with Crippen molar-refractivity contribution in [1.82, 2.24) is 5.43 Å². The van der Waals surface area contributed by atoms with Gasteiger partial charge in [0.25, 0.3) is 0 Å². The van der Waals surface area contributed by atoms with E-state index in [0.717, 1.165) is 5.56 Å². The van der Waals surface area contributed by atoms with Crippen LogP contribution in [0.25, 0.3) is 0 Å². The standard InChI is InChI=1S/C12H14N2O2/c1-8(2)9-3-5-10(6-4-9)12-14-13-11(7-15)16-12/h3-8,11,13H,1-2H3. The number of ether oxygens (including phenoxy) is 1. The Morgan fingerprint density at radius 1 is 1.38 bits per heavy atom. The Morgan fingerprint density at radius 3 is 2.56 bits per heavy atom. The van der Waals surface area contributed by atoms with E-state index in [0.29, 0.717) is 18.1 Å². The fraction of sp³-hybridized carbons (Fsp3) is 0.333. The molecule has 0 saturated carbocycles. The van der Waals surface area contributed by atoms with Gasteiger partial charge in [0.05, 0.1) is 0 Å². The van der Waals surface area contributed by atoms with Gasteiger partial charge in [-0.1, -0.05) is 26.0 Å². The van der Waals surface area contributed by atoms with Crippen LogP contribution in [0.3, 0.4) is 0 Å². The molecular formula is C12H14N2O2. The number of benzene rings is 1. The van der Waals surface area contributed by atoms with Crippen LogP contribution in [-0.2, 0) is 9.53 Å². The number of carbonyl (C=O) groups is 1. The molecular weight excluding hydrogens is 204 g/mol. The molecule has 0 amide bonds. The number of carbonyl (C=O) groups excluding carboxylic acids is 1. The van der Waals surface area contributed by atoms with E-state index in [2.05, 4.69) is 24.4 Å². The average molecular weight is 218 g/mol. The zero-order chi connectivity index (χ0) is 11.5. The maximum Gasteiger partial charge on any atom is 0.242 e.